The largest absolute Gasteiger partial charge is 0.461 e. The molecule has 134 valence electrons. The third-order valence-electron chi connectivity index (χ3n) is 5.19. The molecule has 0 unspecified atom stereocenters. The molecule has 1 aromatic heterocycles. The van der Waals surface area contributed by atoms with Crippen molar-refractivity contribution in [3.8, 4) is 0 Å². The Hall–Kier alpha value is -2.42. The first kappa shape index (κ1) is 16.1. The van der Waals surface area contributed by atoms with Gasteiger partial charge in [-0.2, -0.15) is 0 Å². The monoisotopic (exact) mass is 348 g/mol. The van der Waals surface area contributed by atoms with Crippen molar-refractivity contribution in [1.82, 2.24) is 19.8 Å². The minimum Gasteiger partial charge on any atom is -0.461 e. The van der Waals surface area contributed by atoms with E-state index in [9.17, 15) is 14.4 Å². The van der Waals surface area contributed by atoms with Gasteiger partial charge in [-0.15, -0.1) is 0 Å². The first-order chi connectivity index (χ1) is 12.1. The highest BCUT2D eigenvalue weighted by atomic mass is 16.5. The minimum absolute atomic E-state index is 0.00911. The average molecular weight is 348 g/mol. The van der Waals surface area contributed by atoms with Crippen molar-refractivity contribution in [2.24, 2.45) is 0 Å². The molecule has 0 bridgehead atoms. The summed E-state index contributed by atoms with van der Waals surface area (Å²) in [7, 11) is 0. The van der Waals surface area contributed by atoms with Crippen LogP contribution in [0.25, 0.3) is 0 Å². The van der Waals surface area contributed by atoms with Crippen molar-refractivity contribution in [3.05, 3.63) is 17.7 Å². The minimum atomic E-state index is -0.717. The number of carbonyl (C=O) groups excluding carboxylic acids is 3. The number of hydrogen-bond acceptors (Lipinski definition) is 6. The molecule has 0 aromatic carbocycles. The summed E-state index contributed by atoms with van der Waals surface area (Å²) in [4.78, 5) is 47.4. The van der Waals surface area contributed by atoms with Crippen LogP contribution in [0.5, 0.6) is 0 Å². The molecular formula is C16H20N4O5. The maximum atomic E-state index is 13.0. The van der Waals surface area contributed by atoms with E-state index in [-0.39, 0.29) is 42.3 Å². The number of carbonyl (C=O) groups is 3. The number of ether oxygens (including phenoxy) is 2. The fraction of sp³-hybridized carbons (Fsp3) is 0.625. The number of imidazole rings is 1. The Morgan fingerprint density at radius 2 is 2.32 bits per heavy atom. The lowest BCUT2D eigenvalue weighted by Crippen LogP contribution is -2.56. The predicted octanol–water partition coefficient (Wildman–Crippen LogP) is 0.150. The number of H-pyrrole nitrogens is 1. The van der Waals surface area contributed by atoms with Crippen LogP contribution in [0, 0.1) is 0 Å². The lowest BCUT2D eigenvalue weighted by atomic mass is 10.0. The van der Waals surface area contributed by atoms with Crippen molar-refractivity contribution < 1.29 is 23.9 Å². The SMILES string of the molecule is CCOC(=O)c1[nH]cnc1C(=O)N1CC[C@@]23OCCCN2C(=O)C[C@@H]13. The third-order valence-corrected chi connectivity index (χ3v) is 5.19. The lowest BCUT2D eigenvalue weighted by molar-refractivity contribution is -0.179. The summed E-state index contributed by atoms with van der Waals surface area (Å²) >= 11 is 0. The first-order valence-electron chi connectivity index (χ1n) is 8.54. The van der Waals surface area contributed by atoms with Gasteiger partial charge < -0.3 is 24.3 Å². The van der Waals surface area contributed by atoms with Crippen molar-refractivity contribution in [2.45, 2.75) is 38.0 Å². The summed E-state index contributed by atoms with van der Waals surface area (Å²) in [6.07, 6.45) is 2.92. The van der Waals surface area contributed by atoms with Gasteiger partial charge in [0, 0.05) is 19.5 Å². The molecule has 3 saturated heterocycles. The van der Waals surface area contributed by atoms with Gasteiger partial charge in [-0.1, -0.05) is 0 Å². The maximum Gasteiger partial charge on any atom is 0.357 e. The summed E-state index contributed by atoms with van der Waals surface area (Å²) < 4.78 is 10.9. The van der Waals surface area contributed by atoms with Gasteiger partial charge in [0.25, 0.3) is 5.91 Å². The van der Waals surface area contributed by atoms with Gasteiger partial charge >= 0.3 is 5.97 Å². The maximum absolute atomic E-state index is 13.0. The molecule has 2 amide bonds. The van der Waals surface area contributed by atoms with E-state index in [0.29, 0.717) is 26.1 Å². The van der Waals surface area contributed by atoms with Gasteiger partial charge in [0.2, 0.25) is 5.91 Å². The molecule has 4 rings (SSSR count). The van der Waals surface area contributed by atoms with Crippen molar-refractivity contribution in [2.75, 3.05) is 26.3 Å². The number of esters is 1. The average Bonchev–Trinajstić information content (AvgIpc) is 3.27. The third kappa shape index (κ3) is 2.25. The van der Waals surface area contributed by atoms with Gasteiger partial charge in [-0.3, -0.25) is 9.59 Å². The molecule has 4 heterocycles. The molecule has 1 spiro atoms. The number of aromatic amines is 1. The zero-order valence-electron chi connectivity index (χ0n) is 14.0. The van der Waals surface area contributed by atoms with E-state index in [4.69, 9.17) is 9.47 Å². The highest BCUT2D eigenvalue weighted by Crippen LogP contribution is 2.45. The summed E-state index contributed by atoms with van der Waals surface area (Å²) in [5.74, 6) is -0.986. The molecule has 3 fully saturated rings. The number of hydrogen-bond donors (Lipinski definition) is 1. The van der Waals surface area contributed by atoms with Crippen LogP contribution in [-0.4, -0.2) is 75.6 Å². The van der Waals surface area contributed by atoms with Gasteiger partial charge in [-0.25, -0.2) is 9.78 Å². The number of amides is 2. The predicted molar refractivity (Wildman–Crippen MR) is 83.6 cm³/mol. The Morgan fingerprint density at radius 1 is 1.48 bits per heavy atom. The molecule has 25 heavy (non-hydrogen) atoms. The van der Waals surface area contributed by atoms with E-state index in [1.807, 2.05) is 0 Å². The lowest BCUT2D eigenvalue weighted by Gasteiger charge is -2.42. The van der Waals surface area contributed by atoms with Gasteiger partial charge in [0.05, 0.1) is 32.0 Å². The highest BCUT2D eigenvalue weighted by molar-refractivity contribution is 6.03. The molecule has 3 aliphatic heterocycles. The molecular weight excluding hydrogens is 328 g/mol. The second-order valence-electron chi connectivity index (χ2n) is 6.41. The number of rotatable bonds is 3. The molecule has 1 N–H and O–H groups in total. The zero-order valence-corrected chi connectivity index (χ0v) is 14.0. The van der Waals surface area contributed by atoms with Crippen LogP contribution in [0.1, 0.15) is 47.2 Å². The normalized spacial score (nSPS) is 28.0. The Bertz CT molecular complexity index is 732. The van der Waals surface area contributed by atoms with Gasteiger partial charge in [0.1, 0.15) is 0 Å². The second-order valence-corrected chi connectivity index (χ2v) is 6.41. The Labute approximate surface area is 144 Å². The van der Waals surface area contributed by atoms with Crippen molar-refractivity contribution >= 4 is 17.8 Å². The highest BCUT2D eigenvalue weighted by Gasteiger charge is 2.61. The van der Waals surface area contributed by atoms with Crippen molar-refractivity contribution in [1.29, 1.82) is 0 Å². The molecule has 2 atom stereocenters. The quantitative estimate of drug-likeness (QED) is 0.780. The second kappa shape index (κ2) is 5.83. The smallest absolute Gasteiger partial charge is 0.357 e. The summed E-state index contributed by atoms with van der Waals surface area (Å²) in [6, 6.07) is -0.348. The number of nitrogens with one attached hydrogen (secondary N) is 1. The number of aromatic nitrogens is 2. The molecule has 0 saturated carbocycles. The van der Waals surface area contributed by atoms with Crippen LogP contribution in [-0.2, 0) is 14.3 Å². The van der Waals surface area contributed by atoms with Gasteiger partial charge in [0.15, 0.2) is 17.1 Å². The molecule has 9 nitrogen and oxygen atoms in total. The molecule has 0 radical (unpaired) electrons. The van der Waals surface area contributed by atoms with Gasteiger partial charge in [-0.05, 0) is 13.3 Å². The van der Waals surface area contributed by atoms with Crippen LogP contribution in [0.4, 0.5) is 0 Å². The summed E-state index contributed by atoms with van der Waals surface area (Å²) in [5.41, 5.74) is -0.651. The first-order valence-corrected chi connectivity index (χ1v) is 8.54. The van der Waals surface area contributed by atoms with Crippen LogP contribution in [0.2, 0.25) is 0 Å². The summed E-state index contributed by atoms with van der Waals surface area (Å²) in [6.45, 7) is 3.60. The van der Waals surface area contributed by atoms with E-state index >= 15 is 0 Å². The molecule has 9 heteroatoms. The summed E-state index contributed by atoms with van der Waals surface area (Å²) in [5, 5.41) is 0. The molecule has 3 aliphatic rings. The van der Waals surface area contributed by atoms with E-state index in [1.165, 1.54) is 6.33 Å². The number of likely N-dealkylation sites (tertiary alicyclic amines) is 1. The Morgan fingerprint density at radius 3 is 3.12 bits per heavy atom. The molecule has 1 aromatic rings. The van der Waals surface area contributed by atoms with Crippen molar-refractivity contribution in [3.63, 3.8) is 0 Å². The van der Waals surface area contributed by atoms with E-state index in [2.05, 4.69) is 9.97 Å². The topological polar surface area (TPSA) is 105 Å². The Balaban J connectivity index is 1.62. The van der Waals surface area contributed by atoms with E-state index in [1.54, 1.807) is 16.7 Å². The van der Waals surface area contributed by atoms with Crippen LogP contribution < -0.4 is 0 Å². The Kier molecular flexibility index (Phi) is 3.75. The van der Waals surface area contributed by atoms with Crippen LogP contribution in [0.15, 0.2) is 6.33 Å². The van der Waals surface area contributed by atoms with Crippen LogP contribution >= 0.6 is 0 Å². The molecule has 0 aliphatic carbocycles. The fourth-order valence-electron chi connectivity index (χ4n) is 4.14. The van der Waals surface area contributed by atoms with Crippen LogP contribution in [0.3, 0.4) is 0 Å². The zero-order chi connectivity index (χ0) is 17.6. The van der Waals surface area contributed by atoms with E-state index in [0.717, 1.165) is 6.42 Å². The number of nitrogens with zero attached hydrogens (tertiary/aromatic N) is 3. The fourth-order valence-corrected chi connectivity index (χ4v) is 4.14. The van der Waals surface area contributed by atoms with E-state index < -0.39 is 11.7 Å². The standard InChI is InChI=1S/C16H20N4O5/c1-2-24-15(23)13-12(17-9-18-13)14(22)19-6-4-16-10(19)8-11(21)20(16)5-3-7-25-16/h9-10H,2-8H2,1H3,(H,17,18)/t10-,16+/m1/s1.